The fraction of sp³-hybridized carbons (Fsp3) is 0.333. The molecule has 0 fully saturated rings. The highest BCUT2D eigenvalue weighted by Gasteiger charge is 2.28. The number of nitrogens with zero attached hydrogens (tertiary/aromatic N) is 3. The van der Waals surface area contributed by atoms with Crippen LogP contribution in [0.15, 0.2) is 42.7 Å². The molecule has 2 aromatic rings. The van der Waals surface area contributed by atoms with Crippen molar-refractivity contribution in [2.45, 2.75) is 26.9 Å². The van der Waals surface area contributed by atoms with E-state index in [9.17, 15) is 9.50 Å². The summed E-state index contributed by atoms with van der Waals surface area (Å²) in [7, 11) is 0. The summed E-state index contributed by atoms with van der Waals surface area (Å²) in [5.41, 5.74) is -0.424. The fourth-order valence-electron chi connectivity index (χ4n) is 1.63. The molecule has 21 heavy (non-hydrogen) atoms. The van der Waals surface area contributed by atoms with E-state index in [1.807, 2.05) is 20.8 Å². The van der Waals surface area contributed by atoms with E-state index >= 15 is 0 Å². The van der Waals surface area contributed by atoms with Crippen LogP contribution >= 0.6 is 0 Å². The molecule has 0 aliphatic heterocycles. The van der Waals surface area contributed by atoms with Crippen LogP contribution in [0.4, 0.5) is 4.39 Å². The average molecular weight is 291 g/mol. The largest absolute Gasteiger partial charge is 0.457 e. The number of aliphatic hydroxyl groups is 1. The summed E-state index contributed by atoms with van der Waals surface area (Å²) in [4.78, 5) is 3.84. The summed E-state index contributed by atoms with van der Waals surface area (Å²) < 4.78 is 20.1. The van der Waals surface area contributed by atoms with E-state index < -0.39 is 11.5 Å². The van der Waals surface area contributed by atoms with Crippen LogP contribution in [-0.2, 0) is 0 Å². The van der Waals surface area contributed by atoms with Crippen LogP contribution in [0.25, 0.3) is 6.20 Å². The molecule has 0 spiro atoms. The van der Waals surface area contributed by atoms with Crippen molar-refractivity contribution in [3.63, 3.8) is 0 Å². The highest BCUT2D eigenvalue weighted by molar-refractivity contribution is 5.33. The Hall–Kier alpha value is -2.21. The summed E-state index contributed by atoms with van der Waals surface area (Å²) >= 11 is 0. The van der Waals surface area contributed by atoms with Gasteiger partial charge in [0.25, 0.3) is 0 Å². The van der Waals surface area contributed by atoms with Crippen LogP contribution in [0.5, 0.6) is 5.75 Å². The molecular weight excluding hydrogens is 273 g/mol. The minimum absolute atomic E-state index is 0.305. The molecular formula is C15H18FN3O2. The zero-order chi connectivity index (χ0) is 15.5. The van der Waals surface area contributed by atoms with Gasteiger partial charge in [-0.05, 0) is 29.7 Å². The average Bonchev–Trinajstić information content (AvgIpc) is 2.91. The standard InChI is InChI=1S/C15H18FN3O2/c1-15(2,3)14(20)13(8-19-10-17-9-18-19)21-12-6-4-11(16)5-7-12/h4-10,14,20H,1-3H3. The molecule has 1 aromatic carbocycles. The van der Waals surface area contributed by atoms with E-state index in [2.05, 4.69) is 10.1 Å². The third-order valence-corrected chi connectivity index (χ3v) is 2.84. The van der Waals surface area contributed by atoms with Gasteiger partial charge in [0.15, 0.2) is 5.76 Å². The lowest BCUT2D eigenvalue weighted by Crippen LogP contribution is -2.30. The molecule has 1 aromatic heterocycles. The molecule has 1 N–H and O–H groups in total. The summed E-state index contributed by atoms with van der Waals surface area (Å²) in [6.45, 7) is 5.67. The number of benzene rings is 1. The topological polar surface area (TPSA) is 60.2 Å². The Morgan fingerprint density at radius 2 is 2.00 bits per heavy atom. The molecule has 1 atom stereocenters. The fourth-order valence-corrected chi connectivity index (χ4v) is 1.63. The lowest BCUT2D eigenvalue weighted by molar-refractivity contribution is 0.0636. The molecule has 0 saturated heterocycles. The molecule has 0 saturated carbocycles. The molecule has 6 heteroatoms. The number of halogens is 1. The number of aliphatic hydroxyl groups excluding tert-OH is 1. The highest BCUT2D eigenvalue weighted by atomic mass is 19.1. The molecule has 0 amide bonds. The Labute approximate surface area is 122 Å². The molecule has 112 valence electrons. The molecule has 1 unspecified atom stereocenters. The van der Waals surface area contributed by atoms with Crippen molar-refractivity contribution in [3.05, 3.63) is 48.5 Å². The zero-order valence-corrected chi connectivity index (χ0v) is 12.2. The second-order valence-corrected chi connectivity index (χ2v) is 5.73. The normalized spacial score (nSPS) is 14.0. The van der Waals surface area contributed by atoms with Crippen LogP contribution in [-0.4, -0.2) is 26.0 Å². The van der Waals surface area contributed by atoms with Crippen LogP contribution < -0.4 is 4.74 Å². The number of hydrogen-bond acceptors (Lipinski definition) is 4. The molecule has 1 heterocycles. The van der Waals surface area contributed by atoms with Gasteiger partial charge >= 0.3 is 0 Å². The second-order valence-electron chi connectivity index (χ2n) is 5.73. The lowest BCUT2D eigenvalue weighted by Gasteiger charge is -2.27. The van der Waals surface area contributed by atoms with Crippen molar-refractivity contribution in [1.82, 2.24) is 14.8 Å². The van der Waals surface area contributed by atoms with E-state index in [1.54, 1.807) is 6.20 Å². The first kappa shape index (κ1) is 15.2. The Balaban J connectivity index is 2.30. The number of rotatable bonds is 4. The smallest absolute Gasteiger partial charge is 0.151 e. The van der Waals surface area contributed by atoms with Crippen LogP contribution in [0.1, 0.15) is 20.8 Å². The SMILES string of the molecule is CC(C)(C)C(O)C(=Cn1cncn1)Oc1ccc(F)cc1. The van der Waals surface area contributed by atoms with E-state index in [0.717, 1.165) is 0 Å². The summed E-state index contributed by atoms with van der Waals surface area (Å²) in [6.07, 6.45) is 3.57. The predicted molar refractivity (Wildman–Crippen MR) is 76.8 cm³/mol. The van der Waals surface area contributed by atoms with Crippen molar-refractivity contribution >= 4 is 6.20 Å². The third-order valence-electron chi connectivity index (χ3n) is 2.84. The Morgan fingerprint density at radius 1 is 1.33 bits per heavy atom. The van der Waals surface area contributed by atoms with Crippen molar-refractivity contribution in [1.29, 1.82) is 0 Å². The van der Waals surface area contributed by atoms with Gasteiger partial charge in [0, 0.05) is 0 Å². The Bertz CT molecular complexity index is 601. The van der Waals surface area contributed by atoms with Crippen molar-refractivity contribution in [2.24, 2.45) is 5.41 Å². The monoisotopic (exact) mass is 291 g/mol. The van der Waals surface area contributed by atoms with Gasteiger partial charge in [-0.15, -0.1) is 0 Å². The quantitative estimate of drug-likeness (QED) is 0.880. The minimum atomic E-state index is -0.855. The Morgan fingerprint density at radius 3 is 2.52 bits per heavy atom. The van der Waals surface area contributed by atoms with Crippen LogP contribution in [0.2, 0.25) is 0 Å². The molecule has 0 aliphatic carbocycles. The summed E-state index contributed by atoms with van der Waals surface area (Å²) in [6, 6.07) is 5.59. The summed E-state index contributed by atoms with van der Waals surface area (Å²) in [5.74, 6) is 0.395. The molecule has 0 aliphatic rings. The van der Waals surface area contributed by atoms with Gasteiger partial charge in [-0.25, -0.2) is 14.1 Å². The minimum Gasteiger partial charge on any atom is -0.457 e. The van der Waals surface area contributed by atoms with Gasteiger partial charge in [0.2, 0.25) is 0 Å². The van der Waals surface area contributed by atoms with Gasteiger partial charge in [0.05, 0.1) is 6.20 Å². The lowest BCUT2D eigenvalue weighted by atomic mass is 9.88. The van der Waals surface area contributed by atoms with E-state index in [0.29, 0.717) is 11.5 Å². The highest BCUT2D eigenvalue weighted by Crippen LogP contribution is 2.27. The predicted octanol–water partition coefficient (Wildman–Crippen LogP) is 2.70. The Kier molecular flexibility index (Phi) is 4.37. The maximum absolute atomic E-state index is 12.9. The van der Waals surface area contributed by atoms with Crippen LogP contribution in [0.3, 0.4) is 0 Å². The third kappa shape index (κ3) is 4.13. The van der Waals surface area contributed by atoms with Gasteiger partial charge in [-0.2, -0.15) is 5.10 Å². The second kappa shape index (κ2) is 6.05. The van der Waals surface area contributed by atoms with Crippen molar-refractivity contribution < 1.29 is 14.2 Å². The summed E-state index contributed by atoms with van der Waals surface area (Å²) in [5, 5.41) is 14.4. The van der Waals surface area contributed by atoms with Crippen molar-refractivity contribution in [3.8, 4) is 5.75 Å². The van der Waals surface area contributed by atoms with E-state index in [1.165, 1.54) is 41.6 Å². The van der Waals surface area contributed by atoms with Gasteiger partial charge in [0.1, 0.15) is 30.3 Å². The van der Waals surface area contributed by atoms with Gasteiger partial charge < -0.3 is 9.84 Å². The maximum atomic E-state index is 12.9. The number of ether oxygens (including phenoxy) is 1. The maximum Gasteiger partial charge on any atom is 0.151 e. The van der Waals surface area contributed by atoms with Crippen molar-refractivity contribution in [2.75, 3.05) is 0 Å². The van der Waals surface area contributed by atoms with Gasteiger partial charge in [-0.3, -0.25) is 0 Å². The number of aromatic nitrogens is 3. The molecule has 2 rings (SSSR count). The van der Waals surface area contributed by atoms with Crippen LogP contribution in [0, 0.1) is 11.2 Å². The first-order chi connectivity index (χ1) is 9.86. The zero-order valence-electron chi connectivity index (χ0n) is 12.2. The molecule has 5 nitrogen and oxygen atoms in total. The van der Waals surface area contributed by atoms with Gasteiger partial charge in [-0.1, -0.05) is 20.8 Å². The number of hydrogen-bond donors (Lipinski definition) is 1. The first-order valence-electron chi connectivity index (χ1n) is 6.53. The van der Waals surface area contributed by atoms with E-state index in [-0.39, 0.29) is 5.82 Å². The first-order valence-corrected chi connectivity index (χ1v) is 6.53. The molecule has 0 radical (unpaired) electrons. The van der Waals surface area contributed by atoms with E-state index in [4.69, 9.17) is 4.74 Å². The molecule has 0 bridgehead atoms.